The monoisotopic (exact) mass is 315 g/mol. The molecule has 0 heterocycles. The molecule has 1 aromatic rings. The van der Waals surface area contributed by atoms with Crippen molar-refractivity contribution in [2.24, 2.45) is 0 Å². The van der Waals surface area contributed by atoms with Gasteiger partial charge in [0.25, 0.3) is 0 Å². The predicted octanol–water partition coefficient (Wildman–Crippen LogP) is 0.703. The van der Waals surface area contributed by atoms with Crippen molar-refractivity contribution in [3.05, 3.63) is 29.8 Å². The molecule has 0 radical (unpaired) electrons. The van der Waals surface area contributed by atoms with Gasteiger partial charge >= 0.3 is 11.9 Å². The van der Waals surface area contributed by atoms with Gasteiger partial charge in [0.15, 0.2) is 6.10 Å². The fraction of sp³-hybridized carbons (Fsp3) is 0.385. The summed E-state index contributed by atoms with van der Waals surface area (Å²) >= 11 is 0. The van der Waals surface area contributed by atoms with Gasteiger partial charge in [-0.15, -0.1) is 0 Å². The summed E-state index contributed by atoms with van der Waals surface area (Å²) in [6.07, 6.45) is -1.03. The van der Waals surface area contributed by atoms with Crippen molar-refractivity contribution in [1.29, 1.82) is 0 Å². The van der Waals surface area contributed by atoms with Gasteiger partial charge in [-0.3, -0.25) is 0 Å². The second kappa shape index (κ2) is 7.19. The van der Waals surface area contributed by atoms with Crippen molar-refractivity contribution in [1.82, 2.24) is 4.72 Å². The van der Waals surface area contributed by atoms with E-state index in [0.717, 1.165) is 0 Å². The molecule has 0 amide bonds. The van der Waals surface area contributed by atoms with Crippen LogP contribution >= 0.6 is 0 Å². The molecule has 0 aliphatic heterocycles. The van der Waals surface area contributed by atoms with E-state index in [1.807, 2.05) is 0 Å². The Kier molecular flexibility index (Phi) is 5.86. The Labute approximate surface area is 123 Å². The average molecular weight is 315 g/mol. The van der Waals surface area contributed by atoms with Crippen LogP contribution in [0.1, 0.15) is 24.2 Å². The SMILES string of the molecule is CCNS(=O)(=O)c1ccc(C(=O)OC(C)C(=O)OC)cc1. The lowest BCUT2D eigenvalue weighted by molar-refractivity contribution is -0.149. The first-order chi connectivity index (χ1) is 9.81. The standard InChI is InChI=1S/C13H17NO6S/c1-4-14-21(17,18)11-7-5-10(6-8-11)13(16)20-9(2)12(15)19-3/h5-9,14H,4H2,1-3H3. The van der Waals surface area contributed by atoms with Crippen LogP contribution in [0, 0.1) is 0 Å². The summed E-state index contributed by atoms with van der Waals surface area (Å²) < 4.78 is 35.1. The number of sulfonamides is 1. The van der Waals surface area contributed by atoms with Gasteiger partial charge in [-0.05, 0) is 31.2 Å². The molecule has 0 aliphatic carbocycles. The minimum atomic E-state index is -3.57. The van der Waals surface area contributed by atoms with Crippen molar-refractivity contribution >= 4 is 22.0 Å². The number of rotatable bonds is 6. The van der Waals surface area contributed by atoms with E-state index in [-0.39, 0.29) is 17.0 Å². The molecule has 0 aliphatic rings. The molecule has 0 aromatic heterocycles. The smallest absolute Gasteiger partial charge is 0.346 e. The van der Waals surface area contributed by atoms with Crippen LogP contribution in [-0.4, -0.2) is 40.1 Å². The fourth-order valence-electron chi connectivity index (χ4n) is 1.49. The highest BCUT2D eigenvalue weighted by atomic mass is 32.2. The maximum atomic E-state index is 11.8. The van der Waals surface area contributed by atoms with Gasteiger partial charge in [0.2, 0.25) is 10.0 Å². The molecule has 7 nitrogen and oxygen atoms in total. The summed E-state index contributed by atoms with van der Waals surface area (Å²) in [5.74, 6) is -1.41. The van der Waals surface area contributed by atoms with Crippen molar-refractivity contribution in [3.8, 4) is 0 Å². The first-order valence-electron chi connectivity index (χ1n) is 6.20. The highest BCUT2D eigenvalue weighted by Crippen LogP contribution is 2.12. The molecule has 1 unspecified atom stereocenters. The number of methoxy groups -OCH3 is 1. The first-order valence-corrected chi connectivity index (χ1v) is 7.68. The normalized spacial score (nSPS) is 12.5. The minimum Gasteiger partial charge on any atom is -0.466 e. The van der Waals surface area contributed by atoms with Gasteiger partial charge in [-0.25, -0.2) is 22.7 Å². The number of esters is 2. The minimum absolute atomic E-state index is 0.0434. The van der Waals surface area contributed by atoms with Crippen LogP contribution < -0.4 is 4.72 Å². The van der Waals surface area contributed by atoms with E-state index in [9.17, 15) is 18.0 Å². The van der Waals surface area contributed by atoms with E-state index >= 15 is 0 Å². The van der Waals surface area contributed by atoms with E-state index in [1.54, 1.807) is 6.92 Å². The van der Waals surface area contributed by atoms with Crippen molar-refractivity contribution in [2.75, 3.05) is 13.7 Å². The van der Waals surface area contributed by atoms with E-state index in [0.29, 0.717) is 0 Å². The Morgan fingerprint density at radius 2 is 1.81 bits per heavy atom. The van der Waals surface area contributed by atoms with Crippen molar-refractivity contribution in [2.45, 2.75) is 24.8 Å². The summed E-state index contributed by atoms with van der Waals surface area (Å²) in [6, 6.07) is 5.21. The molecule has 21 heavy (non-hydrogen) atoms. The molecule has 8 heteroatoms. The number of nitrogens with one attached hydrogen (secondary N) is 1. The number of carbonyl (C=O) groups is 2. The Balaban J connectivity index is 2.83. The molecule has 0 bridgehead atoms. The van der Waals surface area contributed by atoms with Crippen LogP contribution in [0.4, 0.5) is 0 Å². The third-order valence-corrected chi connectivity index (χ3v) is 4.11. The second-order valence-corrected chi connectivity index (χ2v) is 5.86. The number of ether oxygens (including phenoxy) is 2. The van der Waals surface area contributed by atoms with Crippen molar-refractivity contribution in [3.63, 3.8) is 0 Å². The molecule has 1 rings (SSSR count). The van der Waals surface area contributed by atoms with E-state index in [4.69, 9.17) is 4.74 Å². The molecule has 1 aromatic carbocycles. The Bertz CT molecular complexity index is 608. The number of benzene rings is 1. The largest absolute Gasteiger partial charge is 0.466 e. The number of hydrogen-bond donors (Lipinski definition) is 1. The van der Waals surface area contributed by atoms with Gasteiger partial charge < -0.3 is 9.47 Å². The van der Waals surface area contributed by atoms with E-state index in [2.05, 4.69) is 9.46 Å². The van der Waals surface area contributed by atoms with Gasteiger partial charge in [-0.2, -0.15) is 0 Å². The Hall–Kier alpha value is -1.93. The maximum Gasteiger partial charge on any atom is 0.346 e. The predicted molar refractivity (Wildman–Crippen MR) is 74.2 cm³/mol. The summed E-state index contributed by atoms with van der Waals surface area (Å²) in [5.41, 5.74) is 0.140. The summed E-state index contributed by atoms with van der Waals surface area (Å²) in [4.78, 5) is 23.0. The number of hydrogen-bond acceptors (Lipinski definition) is 6. The lowest BCUT2D eigenvalue weighted by atomic mass is 10.2. The quantitative estimate of drug-likeness (QED) is 0.776. The summed E-state index contributed by atoms with van der Waals surface area (Å²) in [7, 11) is -2.38. The Morgan fingerprint density at radius 3 is 2.29 bits per heavy atom. The molecule has 0 saturated carbocycles. The summed E-state index contributed by atoms with van der Waals surface area (Å²) in [6.45, 7) is 3.31. The van der Waals surface area contributed by atoms with E-state index < -0.39 is 28.1 Å². The third kappa shape index (κ3) is 4.54. The average Bonchev–Trinajstić information content (AvgIpc) is 2.46. The fourth-order valence-corrected chi connectivity index (χ4v) is 2.53. The van der Waals surface area contributed by atoms with Gasteiger partial charge in [0.1, 0.15) is 0 Å². The molecule has 0 fully saturated rings. The van der Waals surface area contributed by atoms with Crippen LogP contribution in [0.2, 0.25) is 0 Å². The lowest BCUT2D eigenvalue weighted by Crippen LogP contribution is -2.25. The van der Waals surface area contributed by atoms with Crippen LogP contribution in [0.3, 0.4) is 0 Å². The zero-order valence-electron chi connectivity index (χ0n) is 12.0. The number of carbonyl (C=O) groups excluding carboxylic acids is 2. The van der Waals surface area contributed by atoms with E-state index in [1.165, 1.54) is 38.3 Å². The molecule has 0 saturated heterocycles. The third-order valence-electron chi connectivity index (χ3n) is 2.55. The zero-order chi connectivity index (χ0) is 16.0. The molecule has 116 valence electrons. The van der Waals surface area contributed by atoms with Crippen LogP contribution in [-0.2, 0) is 24.3 Å². The zero-order valence-corrected chi connectivity index (χ0v) is 12.8. The van der Waals surface area contributed by atoms with Crippen molar-refractivity contribution < 1.29 is 27.5 Å². The molecule has 0 spiro atoms. The van der Waals surface area contributed by atoms with Gasteiger partial charge in [-0.1, -0.05) is 6.92 Å². The first kappa shape index (κ1) is 17.1. The highest BCUT2D eigenvalue weighted by Gasteiger charge is 2.20. The summed E-state index contributed by atoms with van der Waals surface area (Å²) in [5, 5.41) is 0. The molecular weight excluding hydrogens is 298 g/mol. The lowest BCUT2D eigenvalue weighted by Gasteiger charge is -2.11. The van der Waals surface area contributed by atoms with Gasteiger partial charge in [0.05, 0.1) is 17.6 Å². The molecular formula is C13H17NO6S. The molecule has 1 N–H and O–H groups in total. The topological polar surface area (TPSA) is 98.8 Å². The van der Waals surface area contributed by atoms with Crippen LogP contribution in [0.15, 0.2) is 29.2 Å². The molecule has 1 atom stereocenters. The van der Waals surface area contributed by atoms with Crippen LogP contribution in [0.5, 0.6) is 0 Å². The highest BCUT2D eigenvalue weighted by molar-refractivity contribution is 7.89. The Morgan fingerprint density at radius 1 is 1.24 bits per heavy atom. The van der Waals surface area contributed by atoms with Crippen LogP contribution in [0.25, 0.3) is 0 Å². The maximum absolute atomic E-state index is 11.8. The second-order valence-electron chi connectivity index (χ2n) is 4.10. The van der Waals surface area contributed by atoms with Gasteiger partial charge in [0, 0.05) is 6.54 Å².